The molecule has 1 saturated carbocycles. The molecule has 2 aliphatic heterocycles. The fourth-order valence-electron chi connectivity index (χ4n) is 5.69. The van der Waals surface area contributed by atoms with Crippen molar-refractivity contribution in [3.63, 3.8) is 0 Å². The van der Waals surface area contributed by atoms with Gasteiger partial charge in [0.15, 0.2) is 6.61 Å². The lowest BCUT2D eigenvalue weighted by molar-refractivity contribution is -0.151. The molecule has 3 amide bonds. The number of nitrogens with one attached hydrogen (secondary N) is 2. The second kappa shape index (κ2) is 16.4. The third kappa shape index (κ3) is 10.2. The van der Waals surface area contributed by atoms with E-state index in [4.69, 9.17) is 4.74 Å². The molecule has 9 nitrogen and oxygen atoms in total. The van der Waals surface area contributed by atoms with Gasteiger partial charge in [0, 0.05) is 44.1 Å². The number of rotatable bonds is 12. The van der Waals surface area contributed by atoms with E-state index < -0.39 is 24.0 Å². The first-order valence-corrected chi connectivity index (χ1v) is 17.2. The van der Waals surface area contributed by atoms with E-state index in [1.165, 1.54) is 61.3 Å². The summed E-state index contributed by atoms with van der Waals surface area (Å²) in [5.41, 5.74) is 1.29. The molecule has 2 saturated heterocycles. The van der Waals surface area contributed by atoms with Gasteiger partial charge in [0.05, 0.1) is 5.88 Å². The number of amides is 3. The third-order valence-electron chi connectivity index (χ3n) is 8.08. The van der Waals surface area contributed by atoms with Crippen molar-refractivity contribution in [2.75, 3.05) is 42.8 Å². The summed E-state index contributed by atoms with van der Waals surface area (Å²) in [6.07, 6.45) is 8.04. The molecular weight excluding hydrogens is 560 g/mol. The Morgan fingerprint density at radius 1 is 1.05 bits per heavy atom. The van der Waals surface area contributed by atoms with Crippen LogP contribution in [-0.2, 0) is 30.5 Å². The maximum atomic E-state index is 13.5. The van der Waals surface area contributed by atoms with Crippen molar-refractivity contribution >= 4 is 47.2 Å². The van der Waals surface area contributed by atoms with Gasteiger partial charge in [-0.15, -0.1) is 11.8 Å². The van der Waals surface area contributed by atoms with Gasteiger partial charge in [0.2, 0.25) is 11.8 Å². The second-order valence-corrected chi connectivity index (χ2v) is 13.4. The average Bonchev–Trinajstić information content (AvgIpc) is 3.48. The molecule has 0 aromatic heterocycles. The number of hydrogen-bond donors (Lipinski definition) is 2. The Morgan fingerprint density at radius 2 is 1.78 bits per heavy atom. The van der Waals surface area contributed by atoms with Crippen molar-refractivity contribution in [2.24, 2.45) is 5.92 Å². The molecule has 41 heavy (non-hydrogen) atoms. The van der Waals surface area contributed by atoms with Gasteiger partial charge in [-0.05, 0) is 42.9 Å². The first kappa shape index (κ1) is 31.7. The quantitative estimate of drug-likeness (QED) is 0.351. The van der Waals surface area contributed by atoms with Crippen LogP contribution in [0.5, 0.6) is 0 Å². The number of esters is 1. The van der Waals surface area contributed by atoms with E-state index in [9.17, 15) is 19.2 Å². The highest BCUT2D eigenvalue weighted by atomic mass is 32.2. The van der Waals surface area contributed by atoms with Gasteiger partial charge < -0.3 is 20.3 Å². The average molecular weight is 605 g/mol. The molecule has 3 fully saturated rings. The lowest BCUT2D eigenvalue weighted by Crippen LogP contribution is -2.57. The summed E-state index contributed by atoms with van der Waals surface area (Å²) in [5, 5.41) is 6.20. The third-order valence-corrected chi connectivity index (χ3v) is 10.4. The molecule has 2 heterocycles. The highest BCUT2D eigenvalue weighted by Gasteiger charge is 2.37. The number of likely N-dealkylation sites (tertiary alicyclic amines) is 1. The Morgan fingerprint density at radius 3 is 2.49 bits per heavy atom. The summed E-state index contributed by atoms with van der Waals surface area (Å²) in [4.78, 5) is 54.5. The maximum Gasteiger partial charge on any atom is 0.303 e. The van der Waals surface area contributed by atoms with Crippen LogP contribution in [0, 0.1) is 5.92 Å². The Hall–Kier alpha value is -2.24. The Bertz CT molecular complexity index is 1020. The summed E-state index contributed by atoms with van der Waals surface area (Å²) in [6, 6.07) is 9.13. The minimum absolute atomic E-state index is 0.0705. The molecule has 0 spiro atoms. The van der Waals surface area contributed by atoms with Gasteiger partial charge in [0.25, 0.3) is 5.91 Å². The van der Waals surface area contributed by atoms with E-state index in [1.807, 2.05) is 6.07 Å². The molecular formula is C30H44N4O5S2. The predicted octanol–water partition coefficient (Wildman–Crippen LogP) is 3.03. The summed E-state index contributed by atoms with van der Waals surface area (Å²) in [6.45, 7) is 3.59. The number of thioether (sulfide) groups is 2. The van der Waals surface area contributed by atoms with Crippen molar-refractivity contribution in [3.8, 4) is 0 Å². The topological polar surface area (TPSA) is 108 Å². The van der Waals surface area contributed by atoms with Crippen molar-refractivity contribution in [3.05, 3.63) is 35.9 Å². The van der Waals surface area contributed by atoms with Crippen LogP contribution in [-0.4, -0.2) is 94.4 Å². The van der Waals surface area contributed by atoms with Crippen LogP contribution < -0.4 is 10.6 Å². The summed E-state index contributed by atoms with van der Waals surface area (Å²) < 4.78 is 4.86. The standard InChI is InChI=1S/C30H44N4O5S2/c1-22(35)39-17-28(36)34-21-41-20-27(34)30(38)32-26(19-40-18-24-10-6-3-7-11-24)29(37)31-25-12-14-33(15-13-25)16-23-8-4-2-5-9-23/h2,4-5,8-9,24-27H,3,6-7,10-21H2,1H3,(H,31,37)(H,32,38)/t26-,27-/m0/s1. The Labute approximate surface area is 252 Å². The predicted molar refractivity (Wildman–Crippen MR) is 163 cm³/mol. The Balaban J connectivity index is 1.31. The normalized spacial score (nSPS) is 21.3. The number of ether oxygens (including phenoxy) is 1. The van der Waals surface area contributed by atoms with E-state index in [1.54, 1.807) is 11.8 Å². The van der Waals surface area contributed by atoms with Crippen LogP contribution in [0.25, 0.3) is 0 Å². The molecule has 1 aromatic carbocycles. The first-order chi connectivity index (χ1) is 19.9. The van der Waals surface area contributed by atoms with E-state index in [2.05, 4.69) is 39.8 Å². The molecule has 3 aliphatic rings. The van der Waals surface area contributed by atoms with Gasteiger partial charge >= 0.3 is 5.97 Å². The molecule has 4 rings (SSSR count). The smallest absolute Gasteiger partial charge is 0.303 e. The Kier molecular flexibility index (Phi) is 12.7. The van der Waals surface area contributed by atoms with Crippen LogP contribution in [0.4, 0.5) is 0 Å². The van der Waals surface area contributed by atoms with E-state index in [-0.39, 0.29) is 24.5 Å². The number of carbonyl (C=O) groups is 4. The van der Waals surface area contributed by atoms with Crippen LogP contribution in [0.15, 0.2) is 30.3 Å². The van der Waals surface area contributed by atoms with E-state index >= 15 is 0 Å². The SMILES string of the molecule is CC(=O)OCC(=O)N1CSC[C@H]1C(=O)N[C@@H](CSCC1CCCCC1)C(=O)NC1CCN(Cc2ccccc2)CC1. The largest absolute Gasteiger partial charge is 0.456 e. The highest BCUT2D eigenvalue weighted by molar-refractivity contribution is 7.99. The van der Waals surface area contributed by atoms with E-state index in [0.717, 1.165) is 38.2 Å². The van der Waals surface area contributed by atoms with Crippen molar-refractivity contribution in [2.45, 2.75) is 76.5 Å². The molecule has 1 aliphatic carbocycles. The molecule has 11 heteroatoms. The molecule has 2 N–H and O–H groups in total. The zero-order chi connectivity index (χ0) is 29.0. The molecule has 0 radical (unpaired) electrons. The van der Waals surface area contributed by atoms with Gasteiger partial charge in [-0.3, -0.25) is 24.1 Å². The zero-order valence-electron chi connectivity index (χ0n) is 24.1. The van der Waals surface area contributed by atoms with Crippen molar-refractivity contribution in [1.29, 1.82) is 0 Å². The molecule has 1 aromatic rings. The highest BCUT2D eigenvalue weighted by Crippen LogP contribution is 2.27. The number of benzene rings is 1. The summed E-state index contributed by atoms with van der Waals surface area (Å²) in [5.74, 6) is 1.54. The maximum absolute atomic E-state index is 13.5. The number of carbonyl (C=O) groups excluding carboxylic acids is 4. The van der Waals surface area contributed by atoms with E-state index in [0.29, 0.717) is 23.3 Å². The van der Waals surface area contributed by atoms with Crippen LogP contribution in [0.3, 0.4) is 0 Å². The minimum Gasteiger partial charge on any atom is -0.456 e. The number of piperidine rings is 1. The summed E-state index contributed by atoms with van der Waals surface area (Å²) >= 11 is 3.21. The fraction of sp³-hybridized carbons (Fsp3) is 0.667. The number of nitrogens with zero attached hydrogens (tertiary/aromatic N) is 2. The first-order valence-electron chi connectivity index (χ1n) is 14.8. The monoisotopic (exact) mass is 604 g/mol. The van der Waals surface area contributed by atoms with Gasteiger partial charge in [-0.1, -0.05) is 49.6 Å². The zero-order valence-corrected chi connectivity index (χ0v) is 25.7. The lowest BCUT2D eigenvalue weighted by atomic mass is 9.91. The van der Waals surface area contributed by atoms with Crippen molar-refractivity contribution in [1.82, 2.24) is 20.4 Å². The molecule has 0 bridgehead atoms. The minimum atomic E-state index is -0.692. The van der Waals surface area contributed by atoms with Gasteiger partial charge in [-0.2, -0.15) is 11.8 Å². The molecule has 0 unspecified atom stereocenters. The lowest BCUT2D eigenvalue weighted by Gasteiger charge is -2.33. The molecule has 226 valence electrons. The van der Waals surface area contributed by atoms with Crippen LogP contribution >= 0.6 is 23.5 Å². The van der Waals surface area contributed by atoms with Crippen LogP contribution in [0.1, 0.15) is 57.4 Å². The summed E-state index contributed by atoms with van der Waals surface area (Å²) in [7, 11) is 0. The van der Waals surface area contributed by atoms with Gasteiger partial charge in [0.1, 0.15) is 12.1 Å². The molecule has 2 atom stereocenters. The fourth-order valence-corrected chi connectivity index (χ4v) is 8.14. The van der Waals surface area contributed by atoms with Gasteiger partial charge in [-0.25, -0.2) is 0 Å². The van der Waals surface area contributed by atoms with Crippen molar-refractivity contribution < 1.29 is 23.9 Å². The number of hydrogen-bond acceptors (Lipinski definition) is 8. The second-order valence-electron chi connectivity index (χ2n) is 11.3. The van der Waals surface area contributed by atoms with Crippen LogP contribution in [0.2, 0.25) is 0 Å².